The van der Waals surface area contributed by atoms with Crippen LogP contribution in [0.1, 0.15) is 24.0 Å². The molecule has 1 aliphatic carbocycles. The zero-order valence-corrected chi connectivity index (χ0v) is 19.3. The first kappa shape index (κ1) is 21.8. The van der Waals surface area contributed by atoms with Crippen molar-refractivity contribution >= 4 is 33.2 Å². The number of halogens is 1. The van der Waals surface area contributed by atoms with E-state index in [4.69, 9.17) is 11.6 Å². The quantitative estimate of drug-likeness (QED) is 0.443. The van der Waals surface area contributed by atoms with Crippen LogP contribution < -0.4 is 5.43 Å². The molecule has 1 amide bonds. The number of hydrogen-bond acceptors (Lipinski definition) is 4. The molecule has 0 spiro atoms. The van der Waals surface area contributed by atoms with Crippen LogP contribution in [0, 0.1) is 5.92 Å². The number of fused-ring (bicyclic) bond motifs is 3. The van der Waals surface area contributed by atoms with Crippen LogP contribution in [-0.2, 0) is 14.8 Å². The highest BCUT2D eigenvalue weighted by molar-refractivity contribution is 7.89. The van der Waals surface area contributed by atoms with Crippen LogP contribution in [0.25, 0.3) is 11.1 Å². The Morgan fingerprint density at radius 1 is 0.848 bits per heavy atom. The molecule has 1 N–H and O–H groups in total. The van der Waals surface area contributed by atoms with E-state index in [1.54, 1.807) is 12.1 Å². The van der Waals surface area contributed by atoms with E-state index in [2.05, 4.69) is 22.7 Å². The van der Waals surface area contributed by atoms with Crippen molar-refractivity contribution in [1.82, 2.24) is 9.73 Å². The van der Waals surface area contributed by atoms with Gasteiger partial charge in [0.05, 0.1) is 10.6 Å². The number of amides is 1. The Labute approximate surface area is 197 Å². The van der Waals surface area contributed by atoms with Crippen molar-refractivity contribution in [3.63, 3.8) is 0 Å². The number of nitrogens with zero attached hydrogens (tertiary/aromatic N) is 2. The highest BCUT2D eigenvalue weighted by Crippen LogP contribution is 2.36. The van der Waals surface area contributed by atoms with Gasteiger partial charge in [0.25, 0.3) is 0 Å². The maximum Gasteiger partial charge on any atom is 0.243 e. The Bertz CT molecular complexity index is 1300. The second-order valence-corrected chi connectivity index (χ2v) is 10.5. The van der Waals surface area contributed by atoms with E-state index >= 15 is 0 Å². The van der Waals surface area contributed by atoms with Crippen LogP contribution >= 0.6 is 11.6 Å². The van der Waals surface area contributed by atoms with Gasteiger partial charge in [0.1, 0.15) is 0 Å². The van der Waals surface area contributed by atoms with Crippen molar-refractivity contribution in [3.05, 3.63) is 88.9 Å². The summed E-state index contributed by atoms with van der Waals surface area (Å²) in [6.45, 7) is 0.566. The van der Waals surface area contributed by atoms with Crippen LogP contribution in [0.4, 0.5) is 0 Å². The lowest BCUT2D eigenvalue weighted by Crippen LogP contribution is -2.42. The molecule has 33 heavy (non-hydrogen) atoms. The van der Waals surface area contributed by atoms with Gasteiger partial charge < -0.3 is 0 Å². The van der Waals surface area contributed by atoms with Gasteiger partial charge in [-0.3, -0.25) is 4.79 Å². The van der Waals surface area contributed by atoms with E-state index in [0.29, 0.717) is 17.9 Å². The van der Waals surface area contributed by atoms with Crippen molar-refractivity contribution in [2.75, 3.05) is 13.1 Å². The molecule has 0 radical (unpaired) electrons. The zero-order chi connectivity index (χ0) is 23.0. The monoisotopic (exact) mass is 479 g/mol. The largest absolute Gasteiger partial charge is 0.273 e. The number of benzene rings is 3. The first-order valence-corrected chi connectivity index (χ1v) is 12.6. The van der Waals surface area contributed by atoms with E-state index in [0.717, 1.165) is 28.0 Å². The number of sulfonamides is 1. The fraction of sp³-hybridized carbons (Fsp3) is 0.200. The van der Waals surface area contributed by atoms with Crippen molar-refractivity contribution < 1.29 is 13.2 Å². The third-order valence-electron chi connectivity index (χ3n) is 6.21. The molecule has 0 atom stereocenters. The van der Waals surface area contributed by atoms with E-state index in [1.807, 2.05) is 36.4 Å². The molecule has 0 bridgehead atoms. The van der Waals surface area contributed by atoms with Gasteiger partial charge >= 0.3 is 0 Å². The number of hydrogen-bond donors (Lipinski definition) is 1. The third kappa shape index (κ3) is 4.08. The fourth-order valence-electron chi connectivity index (χ4n) is 4.43. The normalized spacial score (nSPS) is 16.2. The molecule has 6 nitrogen and oxygen atoms in total. The Morgan fingerprint density at radius 3 is 1.91 bits per heavy atom. The van der Waals surface area contributed by atoms with Gasteiger partial charge in [0.15, 0.2) is 0 Å². The lowest BCUT2D eigenvalue weighted by Gasteiger charge is -2.30. The molecule has 1 fully saturated rings. The predicted octanol–water partition coefficient (Wildman–Crippen LogP) is 4.29. The second-order valence-electron chi connectivity index (χ2n) is 8.16. The Kier molecular flexibility index (Phi) is 5.78. The minimum atomic E-state index is -3.60. The molecule has 3 aromatic carbocycles. The summed E-state index contributed by atoms with van der Waals surface area (Å²) in [7, 11) is -3.60. The number of carbonyl (C=O) groups is 1. The highest BCUT2D eigenvalue weighted by Gasteiger charge is 2.32. The molecular formula is C25H22ClN3O3S. The second kappa shape index (κ2) is 8.74. The average molecular weight is 480 g/mol. The van der Waals surface area contributed by atoms with E-state index in [9.17, 15) is 13.2 Å². The average Bonchev–Trinajstić information content (AvgIpc) is 3.16. The van der Waals surface area contributed by atoms with Crippen LogP contribution in [0.3, 0.4) is 0 Å². The molecule has 8 heteroatoms. The Morgan fingerprint density at radius 2 is 1.36 bits per heavy atom. The van der Waals surface area contributed by atoms with Gasteiger partial charge in [-0.2, -0.15) is 9.41 Å². The topological polar surface area (TPSA) is 78.8 Å². The number of nitrogens with one attached hydrogen (secondary N) is 1. The zero-order valence-electron chi connectivity index (χ0n) is 17.7. The molecule has 1 heterocycles. The number of piperidine rings is 1. The van der Waals surface area contributed by atoms with E-state index in [1.165, 1.54) is 16.4 Å². The summed E-state index contributed by atoms with van der Waals surface area (Å²) < 4.78 is 27.2. The SMILES string of the molecule is O=C(NN=C1c2ccccc2-c2ccccc21)C1CCN(S(=O)(=O)c2ccc(Cl)cc2)CC1. The van der Waals surface area contributed by atoms with Gasteiger partial charge in [0.2, 0.25) is 15.9 Å². The summed E-state index contributed by atoms with van der Waals surface area (Å²) in [5.41, 5.74) is 7.66. The maximum atomic E-state index is 12.9. The Balaban J connectivity index is 1.27. The molecule has 3 aromatic rings. The standard InChI is InChI=1S/C25H22ClN3O3S/c26-18-9-11-19(12-10-18)33(31,32)29-15-13-17(14-16-29)25(30)28-27-24-22-7-3-1-5-20(22)21-6-2-4-8-23(21)24/h1-12,17H,13-16H2,(H,28,30). The molecule has 0 aromatic heterocycles. The first-order chi connectivity index (χ1) is 15.9. The number of rotatable bonds is 4. The van der Waals surface area contributed by atoms with Crippen LogP contribution in [0.5, 0.6) is 0 Å². The summed E-state index contributed by atoms with van der Waals surface area (Å²) in [6.07, 6.45) is 0.882. The van der Waals surface area contributed by atoms with Gasteiger partial charge in [0, 0.05) is 35.2 Å². The lowest BCUT2D eigenvalue weighted by atomic mass is 9.98. The molecule has 0 unspecified atom stereocenters. The summed E-state index contributed by atoms with van der Waals surface area (Å²) >= 11 is 5.87. The summed E-state index contributed by atoms with van der Waals surface area (Å²) in [5, 5.41) is 4.96. The van der Waals surface area contributed by atoms with Gasteiger partial charge in [-0.1, -0.05) is 60.1 Å². The van der Waals surface area contributed by atoms with Gasteiger partial charge in [-0.05, 0) is 48.2 Å². The van der Waals surface area contributed by atoms with Crippen LogP contribution in [0.2, 0.25) is 5.02 Å². The Hall–Kier alpha value is -3.00. The van der Waals surface area contributed by atoms with Crippen molar-refractivity contribution in [2.24, 2.45) is 11.0 Å². The van der Waals surface area contributed by atoms with Gasteiger partial charge in [-0.25, -0.2) is 13.8 Å². The first-order valence-electron chi connectivity index (χ1n) is 10.8. The fourth-order valence-corrected chi connectivity index (χ4v) is 6.03. The molecule has 1 saturated heterocycles. The number of hydrazone groups is 1. The molecule has 168 valence electrons. The number of carbonyl (C=O) groups excluding carboxylic acids is 1. The summed E-state index contributed by atoms with van der Waals surface area (Å²) in [4.78, 5) is 13.0. The third-order valence-corrected chi connectivity index (χ3v) is 8.37. The van der Waals surface area contributed by atoms with Crippen LogP contribution in [-0.4, -0.2) is 37.4 Å². The lowest BCUT2D eigenvalue weighted by molar-refractivity contribution is -0.126. The molecule has 5 rings (SSSR count). The highest BCUT2D eigenvalue weighted by atomic mass is 35.5. The molecule has 0 saturated carbocycles. The van der Waals surface area contributed by atoms with Gasteiger partial charge in [-0.15, -0.1) is 0 Å². The summed E-state index contributed by atoms with van der Waals surface area (Å²) in [6, 6.07) is 22.1. The predicted molar refractivity (Wildman–Crippen MR) is 129 cm³/mol. The molecule has 1 aliphatic heterocycles. The van der Waals surface area contributed by atoms with E-state index in [-0.39, 0.29) is 29.8 Å². The van der Waals surface area contributed by atoms with Crippen molar-refractivity contribution in [1.29, 1.82) is 0 Å². The minimum absolute atomic E-state index is 0.187. The summed E-state index contributed by atoms with van der Waals surface area (Å²) in [5.74, 6) is -0.481. The van der Waals surface area contributed by atoms with Crippen molar-refractivity contribution in [2.45, 2.75) is 17.7 Å². The maximum absolute atomic E-state index is 12.9. The minimum Gasteiger partial charge on any atom is -0.273 e. The molecular weight excluding hydrogens is 458 g/mol. The molecule has 2 aliphatic rings. The van der Waals surface area contributed by atoms with E-state index < -0.39 is 10.0 Å². The smallest absolute Gasteiger partial charge is 0.243 e. The van der Waals surface area contributed by atoms with Crippen molar-refractivity contribution in [3.8, 4) is 11.1 Å². The van der Waals surface area contributed by atoms with Crippen LogP contribution in [0.15, 0.2) is 82.8 Å².